The third-order valence-electron chi connectivity index (χ3n) is 8.30. The van der Waals surface area contributed by atoms with E-state index in [0.717, 1.165) is 36.8 Å². The number of thiazole rings is 1. The minimum absolute atomic E-state index is 0.0512. The number of methoxy groups -OCH3 is 1. The van der Waals surface area contributed by atoms with Crippen molar-refractivity contribution in [1.82, 2.24) is 4.98 Å². The number of cyclic esters (lactones) is 1. The number of aromatic nitrogens is 1. The number of allylic oxidation sites excluding steroid dienone is 4. The smallest absolute Gasteiger partial charge is 0.334 e. The van der Waals surface area contributed by atoms with E-state index in [4.69, 9.17) is 9.47 Å². The van der Waals surface area contributed by atoms with E-state index >= 15 is 0 Å². The van der Waals surface area contributed by atoms with Gasteiger partial charge in [0.2, 0.25) is 0 Å². The summed E-state index contributed by atoms with van der Waals surface area (Å²) in [6, 6.07) is 0. The first-order valence-corrected chi connectivity index (χ1v) is 17.1. The molecule has 2 heterocycles. The first-order chi connectivity index (χ1) is 21.4. The number of aliphatic hydroxyl groups is 4. The quantitative estimate of drug-likeness (QED) is 0.123. The molecule has 2 bridgehead atoms. The highest BCUT2D eigenvalue weighted by Crippen LogP contribution is 2.28. The van der Waals surface area contributed by atoms with Crippen LogP contribution in [0, 0.1) is 5.92 Å². The van der Waals surface area contributed by atoms with E-state index in [-0.39, 0.29) is 24.9 Å². The number of carbonyl (C=O) groups is 1. The molecule has 1 unspecified atom stereocenters. The molecule has 8 atom stereocenters. The maximum Gasteiger partial charge on any atom is 0.334 e. The first-order valence-electron chi connectivity index (χ1n) is 16.2. The van der Waals surface area contributed by atoms with Crippen molar-refractivity contribution in [3.8, 4) is 0 Å². The number of ether oxygens (including phenoxy) is 2. The highest BCUT2D eigenvalue weighted by molar-refractivity contribution is 7.09. The van der Waals surface area contributed by atoms with Gasteiger partial charge in [-0.2, -0.15) is 0 Å². The van der Waals surface area contributed by atoms with E-state index in [1.165, 1.54) is 11.3 Å². The van der Waals surface area contributed by atoms with Gasteiger partial charge < -0.3 is 29.9 Å². The normalized spacial score (nSPS) is 29.0. The second-order valence-electron chi connectivity index (χ2n) is 12.3. The Labute approximate surface area is 273 Å². The minimum atomic E-state index is -1.20. The van der Waals surface area contributed by atoms with Crippen LogP contribution in [0.25, 0.3) is 6.08 Å². The maximum atomic E-state index is 13.7. The largest absolute Gasteiger partial charge is 0.453 e. The van der Waals surface area contributed by atoms with Gasteiger partial charge in [-0.15, -0.1) is 11.3 Å². The van der Waals surface area contributed by atoms with Crippen LogP contribution in [-0.2, 0) is 14.3 Å². The van der Waals surface area contributed by atoms with Crippen LogP contribution in [0.2, 0.25) is 0 Å². The van der Waals surface area contributed by atoms with Crippen molar-refractivity contribution in [1.29, 1.82) is 0 Å². The molecule has 8 nitrogen and oxygen atoms in total. The SMILES string of the molecule is CCCCCC/C1=C\c2csc(n2)[C@H](C)[C@@H](O)C[C@H](O)/C=C/C=C\C[C@H](O)[C@H]([C@H](O)[C@@H](C)/C=C(C)/C=C(\C)C(C)OC)OC1=O. The van der Waals surface area contributed by atoms with Gasteiger partial charge in [0.25, 0.3) is 0 Å². The summed E-state index contributed by atoms with van der Waals surface area (Å²) in [5.74, 6) is -1.34. The summed E-state index contributed by atoms with van der Waals surface area (Å²) >= 11 is 1.39. The molecule has 0 saturated carbocycles. The maximum absolute atomic E-state index is 13.7. The monoisotopic (exact) mass is 645 g/mol. The molecule has 0 spiro atoms. The van der Waals surface area contributed by atoms with E-state index in [9.17, 15) is 25.2 Å². The number of carbonyl (C=O) groups excluding carboxylic acids is 1. The second-order valence-corrected chi connectivity index (χ2v) is 13.2. The van der Waals surface area contributed by atoms with Crippen molar-refractivity contribution < 1.29 is 34.7 Å². The van der Waals surface area contributed by atoms with Gasteiger partial charge in [0.15, 0.2) is 6.10 Å². The zero-order chi connectivity index (χ0) is 33.5. The lowest BCUT2D eigenvalue weighted by Crippen LogP contribution is -2.44. The van der Waals surface area contributed by atoms with Gasteiger partial charge in [-0.25, -0.2) is 9.78 Å². The predicted octanol–water partition coefficient (Wildman–Crippen LogP) is 6.43. The van der Waals surface area contributed by atoms with Gasteiger partial charge in [-0.1, -0.05) is 82.1 Å². The second kappa shape index (κ2) is 20.0. The van der Waals surface area contributed by atoms with Gasteiger partial charge >= 0.3 is 5.97 Å². The zero-order valence-electron chi connectivity index (χ0n) is 28.1. The molecule has 0 amide bonds. The van der Waals surface area contributed by atoms with E-state index < -0.39 is 42.4 Å². The molecule has 1 aromatic heterocycles. The Morgan fingerprint density at radius 1 is 1.16 bits per heavy atom. The van der Waals surface area contributed by atoms with Gasteiger partial charge in [0.1, 0.15) is 0 Å². The number of unbranched alkanes of at least 4 members (excludes halogenated alkanes) is 3. The molecule has 0 saturated heterocycles. The summed E-state index contributed by atoms with van der Waals surface area (Å²) in [5, 5.41) is 46.4. The fourth-order valence-electron chi connectivity index (χ4n) is 5.15. The van der Waals surface area contributed by atoms with Crippen LogP contribution in [-0.4, -0.2) is 75.1 Å². The Morgan fingerprint density at radius 3 is 2.58 bits per heavy atom. The van der Waals surface area contributed by atoms with Crippen LogP contribution < -0.4 is 0 Å². The number of hydrogen-bond donors (Lipinski definition) is 4. The predicted molar refractivity (Wildman–Crippen MR) is 182 cm³/mol. The number of aliphatic hydroxyl groups excluding tert-OH is 4. The lowest BCUT2D eigenvalue weighted by atomic mass is 9.92. The Bertz CT molecular complexity index is 1200. The molecule has 4 N–H and O–H groups in total. The summed E-state index contributed by atoms with van der Waals surface area (Å²) in [4.78, 5) is 18.4. The van der Waals surface area contributed by atoms with Crippen molar-refractivity contribution >= 4 is 23.4 Å². The molecule has 1 aliphatic heterocycles. The highest BCUT2D eigenvalue weighted by Gasteiger charge is 2.34. The molecule has 252 valence electrons. The summed E-state index contributed by atoms with van der Waals surface area (Å²) in [7, 11) is 1.65. The Hall–Kier alpha value is -2.40. The van der Waals surface area contributed by atoms with Crippen molar-refractivity contribution in [3.63, 3.8) is 0 Å². The third-order valence-corrected chi connectivity index (χ3v) is 9.37. The Morgan fingerprint density at radius 2 is 1.89 bits per heavy atom. The van der Waals surface area contributed by atoms with E-state index in [1.807, 2.05) is 52.2 Å². The van der Waals surface area contributed by atoms with Gasteiger partial charge in [-0.05, 0) is 51.7 Å². The molecule has 0 aromatic carbocycles. The van der Waals surface area contributed by atoms with Crippen LogP contribution in [0.1, 0.15) is 103 Å². The molecule has 0 radical (unpaired) electrons. The fraction of sp³-hybridized carbons (Fsp3) is 0.611. The molecule has 9 heteroatoms. The Balaban J connectivity index is 2.48. The molecule has 0 aliphatic carbocycles. The van der Waals surface area contributed by atoms with Gasteiger partial charge in [0.05, 0.1) is 41.2 Å². The first kappa shape index (κ1) is 38.8. The number of fused-ring (bicyclic) bond motifs is 2. The van der Waals surface area contributed by atoms with Crippen molar-refractivity contribution in [3.05, 3.63) is 69.3 Å². The highest BCUT2D eigenvalue weighted by atomic mass is 32.1. The van der Waals surface area contributed by atoms with Crippen molar-refractivity contribution in [2.75, 3.05) is 7.11 Å². The number of rotatable bonds is 11. The number of nitrogens with zero attached hydrogens (tertiary/aromatic N) is 1. The van der Waals surface area contributed by atoms with Crippen molar-refractivity contribution in [2.24, 2.45) is 5.92 Å². The summed E-state index contributed by atoms with van der Waals surface area (Å²) in [5.41, 5.74) is 2.95. The molecule has 1 aliphatic rings. The van der Waals surface area contributed by atoms with E-state index in [1.54, 1.807) is 37.5 Å². The van der Waals surface area contributed by atoms with Gasteiger partial charge in [-0.3, -0.25) is 0 Å². The van der Waals surface area contributed by atoms with Crippen molar-refractivity contribution in [2.45, 2.75) is 129 Å². The molecule has 0 fully saturated rings. The average Bonchev–Trinajstić information content (AvgIpc) is 3.47. The fourth-order valence-corrected chi connectivity index (χ4v) is 6.04. The van der Waals surface area contributed by atoms with Crippen LogP contribution in [0.5, 0.6) is 0 Å². The molecular formula is C36H55NO7S. The van der Waals surface area contributed by atoms with E-state index in [2.05, 4.69) is 11.9 Å². The minimum Gasteiger partial charge on any atom is -0.453 e. The lowest BCUT2D eigenvalue weighted by molar-refractivity contribution is -0.162. The third kappa shape index (κ3) is 13.1. The summed E-state index contributed by atoms with van der Waals surface area (Å²) < 4.78 is 11.3. The molecule has 45 heavy (non-hydrogen) atoms. The molecular weight excluding hydrogens is 590 g/mol. The summed E-state index contributed by atoms with van der Waals surface area (Å²) in [6.45, 7) is 11.7. The van der Waals surface area contributed by atoms with Crippen LogP contribution >= 0.6 is 11.3 Å². The number of esters is 1. The van der Waals surface area contributed by atoms with E-state index in [0.29, 0.717) is 22.7 Å². The number of hydrogen-bond acceptors (Lipinski definition) is 9. The lowest BCUT2D eigenvalue weighted by Gasteiger charge is -2.30. The zero-order valence-corrected chi connectivity index (χ0v) is 28.9. The molecule has 2 rings (SSSR count). The average molecular weight is 646 g/mol. The standard InChI is InChI=1S/C36H55NO7S/c1-8-9-10-12-15-28-20-29-22-45-35(37-29)26(5)32(40)21-30(38)16-13-11-14-17-31(39)34(44-36(28)42)33(41)25(4)19-23(2)18-24(3)27(6)43-7/h11,13-14,16,18-20,22,25-27,30-34,38-41H,8-10,12,15,17,21H2,1-7H3/b14-11-,16-13+,23-19+,24-18+,28-20+/t25-,26+,27?,30+,31-,32-,33+,34+/m0/s1. The summed E-state index contributed by atoms with van der Waals surface area (Å²) in [6.07, 6.45) is 11.5. The topological polar surface area (TPSA) is 129 Å². The van der Waals surface area contributed by atoms with Crippen LogP contribution in [0.15, 0.2) is 58.6 Å². The van der Waals surface area contributed by atoms with Crippen LogP contribution in [0.3, 0.4) is 0 Å². The van der Waals surface area contributed by atoms with Gasteiger partial charge in [0, 0.05) is 36.3 Å². The molecule has 1 aromatic rings. The van der Waals surface area contributed by atoms with Crippen LogP contribution in [0.4, 0.5) is 0 Å². The Kier molecular flexibility index (Phi) is 17.2.